The van der Waals surface area contributed by atoms with Gasteiger partial charge in [0.2, 0.25) is 0 Å². The SMILES string of the molecule is CCc1c(C(=O)NCc2ccc(C(=O)N(CC)CC)cc2)cnn1Cc1ccccc1. The number of hydrogen-bond donors (Lipinski definition) is 1. The third kappa shape index (κ3) is 5.40. The molecular weight excluding hydrogens is 388 g/mol. The van der Waals surface area contributed by atoms with Crippen molar-refractivity contribution in [2.24, 2.45) is 0 Å². The van der Waals surface area contributed by atoms with Crippen molar-refractivity contribution in [2.45, 2.75) is 40.3 Å². The second-order valence-electron chi connectivity index (χ2n) is 7.36. The zero-order valence-electron chi connectivity index (χ0n) is 18.5. The number of rotatable bonds is 9. The van der Waals surface area contributed by atoms with Gasteiger partial charge >= 0.3 is 0 Å². The first-order valence-electron chi connectivity index (χ1n) is 10.8. The second kappa shape index (κ2) is 10.6. The lowest BCUT2D eigenvalue weighted by atomic mass is 10.1. The number of nitrogens with one attached hydrogen (secondary N) is 1. The van der Waals surface area contributed by atoms with Crippen LogP contribution in [0.2, 0.25) is 0 Å². The van der Waals surface area contributed by atoms with Crippen molar-refractivity contribution in [1.29, 1.82) is 0 Å². The van der Waals surface area contributed by atoms with Crippen LogP contribution in [0.15, 0.2) is 60.8 Å². The summed E-state index contributed by atoms with van der Waals surface area (Å²) in [6.45, 7) is 8.37. The van der Waals surface area contributed by atoms with Crippen LogP contribution in [0.3, 0.4) is 0 Å². The van der Waals surface area contributed by atoms with E-state index in [1.165, 1.54) is 0 Å². The molecule has 3 aromatic rings. The van der Waals surface area contributed by atoms with Crippen molar-refractivity contribution < 1.29 is 9.59 Å². The number of benzene rings is 2. The third-order valence-corrected chi connectivity index (χ3v) is 5.41. The summed E-state index contributed by atoms with van der Waals surface area (Å²) >= 11 is 0. The van der Waals surface area contributed by atoms with Crippen molar-refractivity contribution in [3.8, 4) is 0 Å². The normalized spacial score (nSPS) is 10.7. The van der Waals surface area contributed by atoms with Gasteiger partial charge in [-0.1, -0.05) is 49.4 Å². The summed E-state index contributed by atoms with van der Waals surface area (Å²) in [5.41, 5.74) is 4.27. The maximum atomic E-state index is 12.8. The van der Waals surface area contributed by atoms with E-state index in [4.69, 9.17) is 0 Å². The Morgan fingerprint density at radius 3 is 2.23 bits per heavy atom. The molecule has 0 unspecified atom stereocenters. The van der Waals surface area contributed by atoms with Crippen molar-refractivity contribution in [1.82, 2.24) is 20.0 Å². The largest absolute Gasteiger partial charge is 0.348 e. The summed E-state index contributed by atoms with van der Waals surface area (Å²) in [7, 11) is 0. The smallest absolute Gasteiger partial charge is 0.255 e. The second-order valence-corrected chi connectivity index (χ2v) is 7.36. The highest BCUT2D eigenvalue weighted by Crippen LogP contribution is 2.13. The van der Waals surface area contributed by atoms with Crippen molar-refractivity contribution in [3.63, 3.8) is 0 Å². The van der Waals surface area contributed by atoms with Crippen LogP contribution < -0.4 is 5.32 Å². The quantitative estimate of drug-likeness (QED) is 0.573. The molecule has 0 fully saturated rings. The molecule has 0 aliphatic rings. The predicted molar refractivity (Wildman–Crippen MR) is 122 cm³/mol. The summed E-state index contributed by atoms with van der Waals surface area (Å²) in [5, 5.41) is 7.41. The molecule has 31 heavy (non-hydrogen) atoms. The number of hydrogen-bond acceptors (Lipinski definition) is 3. The molecule has 1 aromatic heterocycles. The van der Waals surface area contributed by atoms with Crippen LogP contribution >= 0.6 is 0 Å². The molecule has 0 aliphatic carbocycles. The van der Waals surface area contributed by atoms with Crippen LogP contribution in [0.1, 0.15) is 58.3 Å². The molecule has 6 nitrogen and oxygen atoms in total. The minimum absolute atomic E-state index is 0.0269. The number of nitrogens with zero attached hydrogens (tertiary/aromatic N) is 3. The molecule has 0 bridgehead atoms. The Hall–Kier alpha value is -3.41. The van der Waals surface area contributed by atoms with Crippen LogP contribution in [0.25, 0.3) is 0 Å². The fourth-order valence-electron chi connectivity index (χ4n) is 3.60. The van der Waals surface area contributed by atoms with E-state index in [2.05, 4.69) is 22.5 Å². The molecule has 1 heterocycles. The molecule has 1 N–H and O–H groups in total. The van der Waals surface area contributed by atoms with Gasteiger partial charge in [0.15, 0.2) is 0 Å². The van der Waals surface area contributed by atoms with E-state index in [0.717, 1.165) is 23.2 Å². The molecule has 0 saturated heterocycles. The van der Waals surface area contributed by atoms with Crippen molar-refractivity contribution in [2.75, 3.05) is 13.1 Å². The first-order valence-corrected chi connectivity index (χ1v) is 10.8. The molecule has 2 aromatic carbocycles. The van der Waals surface area contributed by atoms with Gasteiger partial charge < -0.3 is 10.2 Å². The van der Waals surface area contributed by atoms with Crippen molar-refractivity contribution in [3.05, 3.63) is 88.7 Å². The minimum Gasteiger partial charge on any atom is -0.348 e. The van der Waals surface area contributed by atoms with E-state index < -0.39 is 0 Å². The third-order valence-electron chi connectivity index (χ3n) is 5.41. The summed E-state index contributed by atoms with van der Waals surface area (Å²) in [5.74, 6) is -0.113. The zero-order chi connectivity index (χ0) is 22.2. The van der Waals surface area contributed by atoms with Crippen LogP contribution in [0.5, 0.6) is 0 Å². The Labute approximate surface area is 183 Å². The van der Waals surface area contributed by atoms with Gasteiger partial charge in [0.25, 0.3) is 11.8 Å². The van der Waals surface area contributed by atoms with E-state index >= 15 is 0 Å². The number of carbonyl (C=O) groups is 2. The van der Waals surface area contributed by atoms with E-state index in [9.17, 15) is 9.59 Å². The fourth-order valence-corrected chi connectivity index (χ4v) is 3.60. The number of aromatic nitrogens is 2. The van der Waals surface area contributed by atoms with E-state index in [0.29, 0.717) is 37.3 Å². The van der Waals surface area contributed by atoms with E-state index in [1.807, 2.05) is 67.9 Å². The first kappa shape index (κ1) is 22.3. The maximum Gasteiger partial charge on any atom is 0.255 e. The summed E-state index contributed by atoms with van der Waals surface area (Å²) in [6, 6.07) is 17.5. The van der Waals surface area contributed by atoms with Crippen LogP contribution in [0, 0.1) is 0 Å². The summed E-state index contributed by atoms with van der Waals surface area (Å²) < 4.78 is 1.89. The molecule has 162 valence electrons. The molecule has 2 amide bonds. The molecule has 0 spiro atoms. The standard InChI is InChI=1S/C25H30N4O2/c1-4-23-22(17-27-29(23)18-20-10-8-7-9-11-20)24(30)26-16-19-12-14-21(15-13-19)25(31)28(5-2)6-3/h7-15,17H,4-6,16,18H2,1-3H3,(H,26,30). The topological polar surface area (TPSA) is 67.2 Å². The summed E-state index contributed by atoms with van der Waals surface area (Å²) in [6.07, 6.45) is 2.36. The predicted octanol–water partition coefficient (Wildman–Crippen LogP) is 3.91. The van der Waals surface area contributed by atoms with E-state index in [1.54, 1.807) is 11.1 Å². The van der Waals surface area contributed by atoms with Crippen LogP contribution in [-0.2, 0) is 19.5 Å². The molecule has 3 rings (SSSR count). The van der Waals surface area contributed by atoms with Gasteiger partial charge in [-0.15, -0.1) is 0 Å². The van der Waals surface area contributed by atoms with Crippen molar-refractivity contribution >= 4 is 11.8 Å². The Morgan fingerprint density at radius 2 is 1.61 bits per heavy atom. The highest BCUT2D eigenvalue weighted by atomic mass is 16.2. The molecule has 0 atom stereocenters. The van der Waals surface area contributed by atoms with Gasteiger partial charge in [0.05, 0.1) is 24.0 Å². The molecule has 0 aliphatic heterocycles. The zero-order valence-corrected chi connectivity index (χ0v) is 18.5. The molecule has 0 radical (unpaired) electrons. The van der Waals surface area contributed by atoms with E-state index in [-0.39, 0.29) is 11.8 Å². The first-order chi connectivity index (χ1) is 15.1. The minimum atomic E-state index is -0.139. The monoisotopic (exact) mass is 418 g/mol. The fraction of sp³-hybridized carbons (Fsp3) is 0.320. The summed E-state index contributed by atoms with van der Waals surface area (Å²) in [4.78, 5) is 27.0. The van der Waals surface area contributed by atoms with Crippen LogP contribution in [0.4, 0.5) is 0 Å². The van der Waals surface area contributed by atoms with Gasteiger partial charge in [0, 0.05) is 25.2 Å². The number of amides is 2. The lowest BCUT2D eigenvalue weighted by Gasteiger charge is -2.18. The highest BCUT2D eigenvalue weighted by molar-refractivity contribution is 5.95. The molecular formula is C25H30N4O2. The Morgan fingerprint density at radius 1 is 0.935 bits per heavy atom. The van der Waals surface area contributed by atoms with Gasteiger partial charge in [-0.3, -0.25) is 14.3 Å². The lowest BCUT2D eigenvalue weighted by molar-refractivity contribution is 0.0772. The van der Waals surface area contributed by atoms with Gasteiger partial charge in [0.1, 0.15) is 0 Å². The van der Waals surface area contributed by atoms with Gasteiger partial charge in [-0.25, -0.2) is 0 Å². The average Bonchev–Trinajstić information content (AvgIpc) is 3.21. The molecule has 6 heteroatoms. The number of carbonyl (C=O) groups excluding carboxylic acids is 2. The Kier molecular flexibility index (Phi) is 7.60. The van der Waals surface area contributed by atoms with Gasteiger partial charge in [-0.2, -0.15) is 5.10 Å². The van der Waals surface area contributed by atoms with Gasteiger partial charge in [-0.05, 0) is 43.5 Å². The maximum absolute atomic E-state index is 12.8. The Balaban J connectivity index is 1.64. The Bertz CT molecular complexity index is 1010. The average molecular weight is 419 g/mol. The van der Waals surface area contributed by atoms with Crippen LogP contribution in [-0.4, -0.2) is 39.6 Å². The lowest BCUT2D eigenvalue weighted by Crippen LogP contribution is -2.30. The molecule has 0 saturated carbocycles. The highest BCUT2D eigenvalue weighted by Gasteiger charge is 2.17.